The van der Waals surface area contributed by atoms with E-state index < -0.39 is 18.0 Å². The van der Waals surface area contributed by atoms with E-state index in [1.165, 1.54) is 4.90 Å². The van der Waals surface area contributed by atoms with E-state index >= 15 is 0 Å². The average Bonchev–Trinajstić information content (AvgIpc) is 3.45. The minimum atomic E-state index is -0.736. The summed E-state index contributed by atoms with van der Waals surface area (Å²) in [6, 6.07) is 4.25. The molecular weight excluding hydrogens is 658 g/mol. The highest BCUT2D eigenvalue weighted by Gasteiger charge is 2.40. The van der Waals surface area contributed by atoms with E-state index in [2.05, 4.69) is 89.7 Å². The smallest absolute Gasteiger partial charge is 0.411 e. The van der Waals surface area contributed by atoms with E-state index in [0.717, 1.165) is 38.5 Å². The van der Waals surface area contributed by atoms with Crippen LogP contribution >= 0.6 is 0 Å². The van der Waals surface area contributed by atoms with E-state index in [-0.39, 0.29) is 43.7 Å². The number of likely N-dealkylation sites (N-methyl/N-ethyl adjacent to an activating group) is 1. The Morgan fingerprint density at radius 1 is 0.885 bits per heavy atom. The number of carbonyl (C=O) groups is 5. The zero-order valence-corrected chi connectivity index (χ0v) is 30.7. The van der Waals surface area contributed by atoms with Crippen molar-refractivity contribution in [2.24, 2.45) is 0 Å². The number of ether oxygens (including phenoxy) is 1. The van der Waals surface area contributed by atoms with Gasteiger partial charge >= 0.3 is 6.09 Å². The molecular formula is C41H55N5O6. The van der Waals surface area contributed by atoms with Gasteiger partial charge in [-0.05, 0) is 70.5 Å². The monoisotopic (exact) mass is 713 g/mol. The number of amides is 5. The van der Waals surface area contributed by atoms with Crippen molar-refractivity contribution in [3.05, 3.63) is 102 Å². The summed E-state index contributed by atoms with van der Waals surface area (Å²) < 4.78 is 5.35. The van der Waals surface area contributed by atoms with E-state index in [0.29, 0.717) is 49.3 Å². The fourth-order valence-corrected chi connectivity index (χ4v) is 5.58. The molecule has 1 saturated heterocycles. The highest BCUT2D eigenvalue weighted by Crippen LogP contribution is 2.32. The molecule has 0 aromatic heterocycles. The van der Waals surface area contributed by atoms with E-state index in [1.54, 1.807) is 18.2 Å². The zero-order chi connectivity index (χ0) is 37.4. The van der Waals surface area contributed by atoms with Gasteiger partial charge in [-0.2, -0.15) is 0 Å². The molecule has 0 spiro atoms. The molecule has 2 heterocycles. The van der Waals surface area contributed by atoms with Gasteiger partial charge < -0.3 is 19.9 Å². The lowest BCUT2D eigenvalue weighted by Crippen LogP contribution is -2.52. The van der Waals surface area contributed by atoms with Crippen molar-refractivity contribution in [1.82, 2.24) is 20.4 Å². The second-order valence-electron chi connectivity index (χ2n) is 12.6. The Balaban J connectivity index is 1.20. The van der Waals surface area contributed by atoms with Gasteiger partial charge in [0.2, 0.25) is 17.7 Å². The van der Waals surface area contributed by atoms with Crippen molar-refractivity contribution in [3.8, 4) is 0 Å². The van der Waals surface area contributed by atoms with Crippen LogP contribution in [0.2, 0.25) is 0 Å². The van der Waals surface area contributed by atoms with Gasteiger partial charge in [-0.1, -0.05) is 85.9 Å². The maximum absolute atomic E-state index is 13.0. The maximum Gasteiger partial charge on any atom is 0.411 e. The molecule has 1 aromatic carbocycles. The van der Waals surface area contributed by atoms with Crippen LogP contribution in [0, 0.1) is 0 Å². The first-order chi connectivity index (χ1) is 25.3. The summed E-state index contributed by atoms with van der Waals surface area (Å²) in [7, 11) is 1.88. The SMILES string of the molecule is CC/C=C\C/C=C\C/C=C\C/C=C\C/C=C\C/C=C\CCC(=O)NCCN(C)CCOC(=O)Nc1cccc2c1CN(C1CCC(=O)NC1=O)C2=O. The van der Waals surface area contributed by atoms with Crippen LogP contribution < -0.4 is 16.0 Å². The third-order valence-corrected chi connectivity index (χ3v) is 8.48. The fraction of sp³-hybridized carbons (Fsp3) is 0.439. The quantitative estimate of drug-likeness (QED) is 0.0919. The van der Waals surface area contributed by atoms with Crippen LogP contribution in [0.1, 0.15) is 87.1 Å². The van der Waals surface area contributed by atoms with Gasteiger partial charge in [-0.3, -0.25) is 29.8 Å². The van der Waals surface area contributed by atoms with Crippen molar-refractivity contribution in [2.45, 2.75) is 83.7 Å². The minimum Gasteiger partial charge on any atom is -0.448 e. The summed E-state index contributed by atoms with van der Waals surface area (Å²) in [5, 5.41) is 7.92. The molecule has 1 unspecified atom stereocenters. The Morgan fingerprint density at radius 2 is 1.50 bits per heavy atom. The molecule has 3 N–H and O–H groups in total. The molecule has 1 aromatic rings. The van der Waals surface area contributed by atoms with E-state index in [1.807, 2.05) is 18.0 Å². The Hall–Kier alpha value is -5.03. The first-order valence-corrected chi connectivity index (χ1v) is 18.4. The number of anilines is 1. The van der Waals surface area contributed by atoms with Crippen molar-refractivity contribution in [3.63, 3.8) is 0 Å². The lowest BCUT2D eigenvalue weighted by Gasteiger charge is -2.29. The first-order valence-electron chi connectivity index (χ1n) is 18.4. The van der Waals surface area contributed by atoms with Crippen LogP contribution in [0.15, 0.2) is 91.1 Å². The molecule has 0 aliphatic carbocycles. The molecule has 0 bridgehead atoms. The minimum absolute atomic E-state index is 0.00592. The molecule has 52 heavy (non-hydrogen) atoms. The number of nitrogens with one attached hydrogen (secondary N) is 3. The molecule has 2 aliphatic heterocycles. The van der Waals surface area contributed by atoms with Crippen LogP contribution in [0.4, 0.5) is 10.5 Å². The van der Waals surface area contributed by atoms with Gasteiger partial charge in [0.1, 0.15) is 12.6 Å². The zero-order valence-electron chi connectivity index (χ0n) is 30.7. The normalized spacial score (nSPS) is 16.5. The lowest BCUT2D eigenvalue weighted by atomic mass is 10.0. The van der Waals surface area contributed by atoms with Gasteiger partial charge in [-0.25, -0.2) is 4.79 Å². The third kappa shape index (κ3) is 15.5. The van der Waals surface area contributed by atoms with Crippen LogP contribution in [-0.2, 0) is 25.7 Å². The summed E-state index contributed by atoms with van der Waals surface area (Å²) in [5.41, 5.74) is 1.44. The number of hydrogen-bond donors (Lipinski definition) is 3. The molecule has 280 valence electrons. The van der Waals surface area contributed by atoms with E-state index in [9.17, 15) is 24.0 Å². The fourth-order valence-electron chi connectivity index (χ4n) is 5.58. The largest absolute Gasteiger partial charge is 0.448 e. The predicted octanol–water partition coefficient (Wildman–Crippen LogP) is 6.52. The van der Waals surface area contributed by atoms with E-state index in [4.69, 9.17) is 4.74 Å². The van der Waals surface area contributed by atoms with Crippen molar-refractivity contribution >= 4 is 35.4 Å². The molecule has 11 nitrogen and oxygen atoms in total. The summed E-state index contributed by atoms with van der Waals surface area (Å²) in [6.45, 7) is 3.97. The average molecular weight is 714 g/mol. The number of rotatable bonds is 22. The third-order valence-electron chi connectivity index (χ3n) is 8.48. The number of carbonyl (C=O) groups excluding carboxylic acids is 5. The molecule has 5 amide bonds. The van der Waals surface area contributed by atoms with Crippen molar-refractivity contribution in [1.29, 1.82) is 0 Å². The standard InChI is InChI=1S/C41H55N5O6/c1-3-4-5-6-7-8-9-10-11-12-13-14-15-16-17-18-19-20-21-25-37(47)42-28-29-45(2)30-31-52-41(51)43-35-24-22-23-33-34(35)32-46(40(33)50)36-26-27-38(48)44-39(36)49/h4-5,7-8,10-11,13-14,16-17,19-20,22-24,36H,3,6,9,12,15,18,21,25-32H2,1-2H3,(H,42,47)(H,43,51)(H,44,48,49)/b5-4-,8-7-,11-10-,14-13-,17-16-,20-19-. The Labute approximate surface area is 308 Å². The molecule has 1 atom stereocenters. The molecule has 0 radical (unpaired) electrons. The Kier molecular flexibility index (Phi) is 19.3. The molecule has 3 rings (SSSR count). The maximum atomic E-state index is 13.0. The molecule has 1 fully saturated rings. The summed E-state index contributed by atoms with van der Waals surface area (Å²) in [5.74, 6) is -1.16. The molecule has 0 saturated carbocycles. The van der Waals surface area contributed by atoms with Gasteiger partial charge in [0, 0.05) is 55.8 Å². The Bertz CT molecular complexity index is 1520. The Morgan fingerprint density at radius 3 is 2.12 bits per heavy atom. The molecule has 2 aliphatic rings. The second kappa shape index (κ2) is 24.2. The topological polar surface area (TPSA) is 137 Å². The summed E-state index contributed by atoms with van der Waals surface area (Å²) >= 11 is 0. The van der Waals surface area contributed by atoms with Crippen LogP contribution in [0.3, 0.4) is 0 Å². The van der Waals surface area contributed by atoms with Gasteiger partial charge in [0.05, 0.1) is 0 Å². The van der Waals surface area contributed by atoms with Crippen molar-refractivity contribution < 1.29 is 28.7 Å². The number of allylic oxidation sites excluding steroid dienone is 12. The number of piperidine rings is 1. The highest BCUT2D eigenvalue weighted by molar-refractivity contribution is 6.06. The molecule has 11 heteroatoms. The number of imide groups is 1. The summed E-state index contributed by atoms with van der Waals surface area (Å²) in [6.07, 6.45) is 32.5. The number of nitrogens with zero attached hydrogens (tertiary/aromatic N) is 2. The lowest BCUT2D eigenvalue weighted by molar-refractivity contribution is -0.137. The first kappa shape index (κ1) is 41.4. The second-order valence-corrected chi connectivity index (χ2v) is 12.6. The van der Waals surface area contributed by atoms with Gasteiger partial charge in [0.15, 0.2) is 0 Å². The highest BCUT2D eigenvalue weighted by atomic mass is 16.5. The summed E-state index contributed by atoms with van der Waals surface area (Å²) in [4.78, 5) is 65.0. The van der Waals surface area contributed by atoms with Crippen LogP contribution in [-0.4, -0.2) is 78.9 Å². The van der Waals surface area contributed by atoms with Gasteiger partial charge in [-0.15, -0.1) is 0 Å². The predicted molar refractivity (Wildman–Crippen MR) is 205 cm³/mol. The van der Waals surface area contributed by atoms with Crippen molar-refractivity contribution in [2.75, 3.05) is 38.6 Å². The number of benzene rings is 1. The van der Waals surface area contributed by atoms with Gasteiger partial charge in [0.25, 0.3) is 5.91 Å². The number of hydrogen-bond acceptors (Lipinski definition) is 7. The van der Waals surface area contributed by atoms with Crippen LogP contribution in [0.5, 0.6) is 0 Å². The number of fused-ring (bicyclic) bond motifs is 1. The van der Waals surface area contributed by atoms with Crippen LogP contribution in [0.25, 0.3) is 0 Å².